The summed E-state index contributed by atoms with van der Waals surface area (Å²) in [6.45, 7) is 1.91. The van der Waals surface area contributed by atoms with Gasteiger partial charge in [0.05, 0.1) is 13.0 Å². The normalized spacial score (nSPS) is 21.5. The quantitative estimate of drug-likeness (QED) is 0.882. The standard InChI is InChI=1S/C15H19NO4/c1-9-3-4-10(8-13(9)20-2)14(17)16-12-6-5-11(7-12)15(18)19/h3-4,8,11-12H,5-7H2,1-2H3,(H,16,17)(H,18,19). The zero-order chi connectivity index (χ0) is 14.7. The maximum absolute atomic E-state index is 12.1. The van der Waals surface area contributed by atoms with Crippen LogP contribution >= 0.6 is 0 Å². The van der Waals surface area contributed by atoms with Crippen molar-refractivity contribution in [3.05, 3.63) is 29.3 Å². The van der Waals surface area contributed by atoms with E-state index in [1.54, 1.807) is 19.2 Å². The molecule has 0 radical (unpaired) electrons. The molecule has 1 aromatic rings. The van der Waals surface area contributed by atoms with Gasteiger partial charge in [-0.25, -0.2) is 0 Å². The van der Waals surface area contributed by atoms with Crippen molar-refractivity contribution in [2.75, 3.05) is 7.11 Å². The van der Waals surface area contributed by atoms with Gasteiger partial charge in [-0.2, -0.15) is 0 Å². The van der Waals surface area contributed by atoms with Crippen LogP contribution in [0.4, 0.5) is 0 Å². The van der Waals surface area contributed by atoms with Gasteiger partial charge in [0.2, 0.25) is 0 Å². The third kappa shape index (κ3) is 3.10. The summed E-state index contributed by atoms with van der Waals surface area (Å²) in [5.41, 5.74) is 1.50. The lowest BCUT2D eigenvalue weighted by Gasteiger charge is -2.13. The predicted octanol–water partition coefficient (Wildman–Crippen LogP) is 1.99. The van der Waals surface area contributed by atoms with E-state index < -0.39 is 5.97 Å². The third-order valence-corrected chi connectivity index (χ3v) is 3.79. The summed E-state index contributed by atoms with van der Waals surface area (Å²) >= 11 is 0. The topological polar surface area (TPSA) is 75.6 Å². The van der Waals surface area contributed by atoms with Gasteiger partial charge in [0.25, 0.3) is 5.91 Å². The van der Waals surface area contributed by atoms with Crippen molar-refractivity contribution in [2.45, 2.75) is 32.2 Å². The van der Waals surface area contributed by atoms with Gasteiger partial charge in [-0.1, -0.05) is 6.07 Å². The number of carbonyl (C=O) groups is 2. The van der Waals surface area contributed by atoms with Gasteiger partial charge in [0.1, 0.15) is 5.75 Å². The smallest absolute Gasteiger partial charge is 0.306 e. The summed E-state index contributed by atoms with van der Waals surface area (Å²) < 4.78 is 5.20. The molecule has 1 aliphatic carbocycles. The third-order valence-electron chi connectivity index (χ3n) is 3.79. The monoisotopic (exact) mass is 277 g/mol. The highest BCUT2D eigenvalue weighted by Gasteiger charge is 2.30. The molecule has 0 aromatic heterocycles. The van der Waals surface area contributed by atoms with Crippen LogP contribution in [0.1, 0.15) is 35.2 Å². The Kier molecular flexibility index (Phi) is 4.27. The molecule has 0 aliphatic heterocycles. The summed E-state index contributed by atoms with van der Waals surface area (Å²) in [5.74, 6) is -0.626. The molecule has 2 atom stereocenters. The Morgan fingerprint density at radius 1 is 1.35 bits per heavy atom. The number of methoxy groups -OCH3 is 1. The lowest BCUT2D eigenvalue weighted by molar-refractivity contribution is -0.141. The van der Waals surface area contributed by atoms with Gasteiger partial charge in [-0.05, 0) is 43.9 Å². The van der Waals surface area contributed by atoms with Crippen LogP contribution in [0.25, 0.3) is 0 Å². The molecule has 20 heavy (non-hydrogen) atoms. The van der Waals surface area contributed by atoms with Gasteiger partial charge < -0.3 is 15.2 Å². The van der Waals surface area contributed by atoms with Gasteiger partial charge in [0, 0.05) is 11.6 Å². The molecule has 2 N–H and O–H groups in total. The number of aryl methyl sites for hydroxylation is 1. The van der Waals surface area contributed by atoms with E-state index in [-0.39, 0.29) is 17.9 Å². The molecule has 2 rings (SSSR count). The second-order valence-corrected chi connectivity index (χ2v) is 5.20. The van der Waals surface area contributed by atoms with Crippen LogP contribution in [-0.4, -0.2) is 30.1 Å². The number of hydrogen-bond acceptors (Lipinski definition) is 3. The van der Waals surface area contributed by atoms with Crippen molar-refractivity contribution in [1.82, 2.24) is 5.32 Å². The fraction of sp³-hybridized carbons (Fsp3) is 0.467. The molecule has 0 saturated heterocycles. The van der Waals surface area contributed by atoms with Gasteiger partial charge in [0.15, 0.2) is 0 Å². The lowest BCUT2D eigenvalue weighted by atomic mass is 10.1. The van der Waals surface area contributed by atoms with E-state index in [4.69, 9.17) is 9.84 Å². The molecule has 1 saturated carbocycles. The number of carboxylic acids is 1. The molecule has 5 heteroatoms. The van der Waals surface area contributed by atoms with Crippen LogP contribution in [0.15, 0.2) is 18.2 Å². The number of ether oxygens (including phenoxy) is 1. The molecule has 0 bridgehead atoms. The zero-order valence-electron chi connectivity index (χ0n) is 11.7. The Bertz CT molecular complexity index is 527. The van der Waals surface area contributed by atoms with E-state index in [1.165, 1.54) is 0 Å². The molecule has 1 aliphatic rings. The van der Waals surface area contributed by atoms with Crippen molar-refractivity contribution >= 4 is 11.9 Å². The predicted molar refractivity (Wildman–Crippen MR) is 74.0 cm³/mol. The molecule has 1 amide bonds. The molecule has 108 valence electrons. The number of benzene rings is 1. The van der Waals surface area contributed by atoms with E-state index in [1.807, 2.05) is 13.0 Å². The number of amides is 1. The van der Waals surface area contributed by atoms with E-state index in [2.05, 4.69) is 5.32 Å². The van der Waals surface area contributed by atoms with Gasteiger partial charge in [-0.3, -0.25) is 9.59 Å². The number of nitrogens with one attached hydrogen (secondary N) is 1. The highest BCUT2D eigenvalue weighted by molar-refractivity contribution is 5.95. The van der Waals surface area contributed by atoms with Gasteiger partial charge >= 0.3 is 5.97 Å². The van der Waals surface area contributed by atoms with Crippen molar-refractivity contribution < 1.29 is 19.4 Å². The minimum atomic E-state index is -0.779. The second-order valence-electron chi connectivity index (χ2n) is 5.20. The average molecular weight is 277 g/mol. The zero-order valence-corrected chi connectivity index (χ0v) is 11.7. The minimum Gasteiger partial charge on any atom is -0.496 e. The first kappa shape index (κ1) is 14.4. The van der Waals surface area contributed by atoms with E-state index in [9.17, 15) is 9.59 Å². The molecule has 5 nitrogen and oxygen atoms in total. The Balaban J connectivity index is 2.00. The van der Waals surface area contributed by atoms with Crippen molar-refractivity contribution in [3.8, 4) is 5.75 Å². The first-order chi connectivity index (χ1) is 9.51. The molecular formula is C15H19NO4. The summed E-state index contributed by atoms with van der Waals surface area (Å²) in [7, 11) is 1.57. The SMILES string of the molecule is COc1cc(C(=O)NC2CCC(C(=O)O)C2)ccc1C. The molecule has 2 unspecified atom stereocenters. The van der Waals surface area contributed by atoms with Crippen molar-refractivity contribution in [2.24, 2.45) is 5.92 Å². The van der Waals surface area contributed by atoms with E-state index >= 15 is 0 Å². The highest BCUT2D eigenvalue weighted by Crippen LogP contribution is 2.26. The van der Waals surface area contributed by atoms with Crippen LogP contribution in [0.3, 0.4) is 0 Å². The lowest BCUT2D eigenvalue weighted by Crippen LogP contribution is -2.33. The fourth-order valence-corrected chi connectivity index (χ4v) is 2.57. The maximum Gasteiger partial charge on any atom is 0.306 e. The maximum atomic E-state index is 12.1. The van der Waals surface area contributed by atoms with E-state index in [0.29, 0.717) is 30.6 Å². The molecule has 1 fully saturated rings. The Labute approximate surface area is 117 Å². The van der Waals surface area contributed by atoms with E-state index in [0.717, 1.165) is 5.56 Å². The fourth-order valence-electron chi connectivity index (χ4n) is 2.57. The number of hydrogen-bond donors (Lipinski definition) is 2. The van der Waals surface area contributed by atoms with Crippen LogP contribution in [-0.2, 0) is 4.79 Å². The van der Waals surface area contributed by atoms with Crippen LogP contribution in [0.5, 0.6) is 5.75 Å². The largest absolute Gasteiger partial charge is 0.496 e. The molecule has 0 spiro atoms. The number of carboxylic acid groups (broad SMARTS) is 1. The molecule has 0 heterocycles. The number of carbonyl (C=O) groups excluding carboxylic acids is 1. The second kappa shape index (κ2) is 5.94. The Morgan fingerprint density at radius 2 is 2.10 bits per heavy atom. The van der Waals surface area contributed by atoms with Crippen molar-refractivity contribution in [3.63, 3.8) is 0 Å². The summed E-state index contributed by atoms with van der Waals surface area (Å²) in [6.07, 6.45) is 1.84. The summed E-state index contributed by atoms with van der Waals surface area (Å²) in [6, 6.07) is 5.23. The summed E-state index contributed by atoms with van der Waals surface area (Å²) in [4.78, 5) is 23.0. The highest BCUT2D eigenvalue weighted by atomic mass is 16.5. The Morgan fingerprint density at radius 3 is 2.70 bits per heavy atom. The molecular weight excluding hydrogens is 258 g/mol. The van der Waals surface area contributed by atoms with Gasteiger partial charge in [-0.15, -0.1) is 0 Å². The number of aliphatic carboxylic acids is 1. The molecule has 1 aromatic carbocycles. The Hall–Kier alpha value is -2.04. The number of rotatable bonds is 4. The van der Waals surface area contributed by atoms with Crippen LogP contribution in [0, 0.1) is 12.8 Å². The summed E-state index contributed by atoms with van der Waals surface area (Å²) in [5, 5.41) is 11.8. The van der Waals surface area contributed by atoms with Crippen LogP contribution < -0.4 is 10.1 Å². The first-order valence-electron chi connectivity index (χ1n) is 6.69. The van der Waals surface area contributed by atoms with Crippen LogP contribution in [0.2, 0.25) is 0 Å². The van der Waals surface area contributed by atoms with Crippen molar-refractivity contribution in [1.29, 1.82) is 0 Å². The first-order valence-corrected chi connectivity index (χ1v) is 6.69. The average Bonchev–Trinajstić information content (AvgIpc) is 2.88. The minimum absolute atomic E-state index is 0.0594.